The van der Waals surface area contributed by atoms with Gasteiger partial charge in [-0.15, -0.1) is 0 Å². The molecule has 1 saturated carbocycles. The van der Waals surface area contributed by atoms with E-state index in [1.807, 2.05) is 34.9 Å². The van der Waals surface area contributed by atoms with Crippen molar-refractivity contribution in [1.82, 2.24) is 15.8 Å². The topological polar surface area (TPSA) is 53.6 Å². The summed E-state index contributed by atoms with van der Waals surface area (Å²) >= 11 is 0. The van der Waals surface area contributed by atoms with Crippen molar-refractivity contribution in [3.05, 3.63) is 0 Å². The summed E-state index contributed by atoms with van der Waals surface area (Å²) < 4.78 is 5.39. The minimum Gasteiger partial charge on any atom is -0.444 e. The molecule has 0 aliphatic heterocycles. The Kier molecular flexibility index (Phi) is 5.41. The van der Waals surface area contributed by atoms with Gasteiger partial charge in [0.15, 0.2) is 0 Å². The first-order valence-corrected chi connectivity index (χ1v) is 6.71. The number of nitrogens with one attached hydrogen (secondary N) is 2. The van der Waals surface area contributed by atoms with Crippen LogP contribution in [-0.2, 0) is 4.74 Å². The van der Waals surface area contributed by atoms with Crippen LogP contribution in [0.4, 0.5) is 4.79 Å². The van der Waals surface area contributed by atoms with Crippen molar-refractivity contribution >= 4 is 6.09 Å². The minimum atomic E-state index is -0.420. The molecule has 0 aromatic rings. The summed E-state index contributed by atoms with van der Waals surface area (Å²) in [5.74, 6) is 0. The Morgan fingerprint density at radius 3 is 2.22 bits per heavy atom. The van der Waals surface area contributed by atoms with Gasteiger partial charge in [-0.05, 0) is 53.5 Å². The number of rotatable bonds is 3. The van der Waals surface area contributed by atoms with Crippen LogP contribution in [0.5, 0.6) is 0 Å². The number of amides is 1. The zero-order chi connectivity index (χ0) is 13.8. The standard InChI is InChI=1S/C13H27N3O2/c1-13(2,3)18-12(17)16(5)11-8-6-10(7-9-11)15-14-4/h10-11,14-15H,6-9H2,1-5H3. The summed E-state index contributed by atoms with van der Waals surface area (Å²) in [5, 5.41) is 0. The molecule has 1 rings (SSSR count). The summed E-state index contributed by atoms with van der Waals surface area (Å²) in [6.45, 7) is 5.69. The molecule has 0 bridgehead atoms. The third-order valence-corrected chi connectivity index (χ3v) is 3.27. The lowest BCUT2D eigenvalue weighted by Crippen LogP contribution is -2.47. The van der Waals surface area contributed by atoms with E-state index in [1.54, 1.807) is 4.90 Å². The van der Waals surface area contributed by atoms with Crippen molar-refractivity contribution in [3.8, 4) is 0 Å². The number of carbonyl (C=O) groups excluding carboxylic acids is 1. The highest BCUT2D eigenvalue weighted by Crippen LogP contribution is 2.23. The Morgan fingerprint density at radius 2 is 1.78 bits per heavy atom. The molecular weight excluding hydrogens is 230 g/mol. The fourth-order valence-electron chi connectivity index (χ4n) is 2.29. The van der Waals surface area contributed by atoms with Gasteiger partial charge in [0.2, 0.25) is 0 Å². The molecule has 1 aliphatic rings. The van der Waals surface area contributed by atoms with Crippen LogP contribution in [0.2, 0.25) is 0 Å². The van der Waals surface area contributed by atoms with E-state index in [-0.39, 0.29) is 6.09 Å². The SMILES string of the molecule is CNNC1CCC(N(C)C(=O)OC(C)(C)C)CC1. The Morgan fingerprint density at radius 1 is 1.22 bits per heavy atom. The maximum atomic E-state index is 11.9. The average Bonchev–Trinajstić information content (AvgIpc) is 2.27. The molecule has 1 amide bonds. The van der Waals surface area contributed by atoms with Gasteiger partial charge in [-0.3, -0.25) is 10.9 Å². The van der Waals surface area contributed by atoms with Gasteiger partial charge >= 0.3 is 6.09 Å². The Labute approximate surface area is 110 Å². The summed E-state index contributed by atoms with van der Waals surface area (Å²) in [6, 6.07) is 0.813. The summed E-state index contributed by atoms with van der Waals surface area (Å²) in [7, 11) is 3.73. The number of nitrogens with zero attached hydrogens (tertiary/aromatic N) is 1. The van der Waals surface area contributed by atoms with Crippen molar-refractivity contribution in [2.45, 2.75) is 64.1 Å². The smallest absolute Gasteiger partial charge is 0.410 e. The van der Waals surface area contributed by atoms with E-state index < -0.39 is 5.60 Å². The third kappa shape index (κ3) is 4.82. The molecule has 1 aliphatic carbocycles. The molecule has 0 heterocycles. The lowest BCUT2D eigenvalue weighted by Gasteiger charge is -2.35. The molecule has 2 N–H and O–H groups in total. The maximum Gasteiger partial charge on any atom is 0.410 e. The van der Waals surface area contributed by atoms with E-state index in [9.17, 15) is 4.79 Å². The second kappa shape index (κ2) is 6.38. The molecule has 5 nitrogen and oxygen atoms in total. The Balaban J connectivity index is 2.40. The van der Waals surface area contributed by atoms with Crippen molar-refractivity contribution in [2.75, 3.05) is 14.1 Å². The highest BCUT2D eigenvalue weighted by Gasteiger charge is 2.28. The fourth-order valence-corrected chi connectivity index (χ4v) is 2.29. The first-order valence-electron chi connectivity index (χ1n) is 6.71. The third-order valence-electron chi connectivity index (χ3n) is 3.27. The first kappa shape index (κ1) is 15.2. The van der Waals surface area contributed by atoms with Crippen LogP contribution in [0.15, 0.2) is 0 Å². The lowest BCUT2D eigenvalue weighted by atomic mass is 9.91. The molecule has 0 unspecified atom stereocenters. The van der Waals surface area contributed by atoms with Crippen LogP contribution < -0.4 is 10.9 Å². The molecular formula is C13H27N3O2. The quantitative estimate of drug-likeness (QED) is 0.758. The zero-order valence-corrected chi connectivity index (χ0v) is 12.2. The van der Waals surface area contributed by atoms with Crippen molar-refractivity contribution in [2.24, 2.45) is 0 Å². The fraction of sp³-hybridized carbons (Fsp3) is 0.923. The van der Waals surface area contributed by atoms with Gasteiger partial charge in [-0.1, -0.05) is 0 Å². The zero-order valence-electron chi connectivity index (χ0n) is 12.2. The van der Waals surface area contributed by atoms with E-state index in [4.69, 9.17) is 4.74 Å². The monoisotopic (exact) mass is 257 g/mol. The molecule has 18 heavy (non-hydrogen) atoms. The predicted octanol–water partition coefficient (Wildman–Crippen LogP) is 1.89. The van der Waals surface area contributed by atoms with E-state index >= 15 is 0 Å². The van der Waals surface area contributed by atoms with Gasteiger partial charge < -0.3 is 9.64 Å². The van der Waals surface area contributed by atoms with Gasteiger partial charge in [0, 0.05) is 19.1 Å². The lowest BCUT2D eigenvalue weighted by molar-refractivity contribution is 0.0178. The number of hydrogen-bond donors (Lipinski definition) is 2. The summed E-state index contributed by atoms with van der Waals surface area (Å²) in [6.07, 6.45) is 3.99. The van der Waals surface area contributed by atoms with Gasteiger partial charge in [0.25, 0.3) is 0 Å². The van der Waals surface area contributed by atoms with Gasteiger partial charge in [0.1, 0.15) is 5.60 Å². The molecule has 0 radical (unpaired) electrons. The van der Waals surface area contributed by atoms with Crippen LogP contribution in [0.3, 0.4) is 0 Å². The van der Waals surface area contributed by atoms with Crippen molar-refractivity contribution in [1.29, 1.82) is 0 Å². The molecule has 0 aromatic heterocycles. The predicted molar refractivity (Wildman–Crippen MR) is 72.2 cm³/mol. The van der Waals surface area contributed by atoms with Crippen LogP contribution >= 0.6 is 0 Å². The molecule has 0 saturated heterocycles. The highest BCUT2D eigenvalue weighted by atomic mass is 16.6. The maximum absolute atomic E-state index is 11.9. The largest absolute Gasteiger partial charge is 0.444 e. The van der Waals surface area contributed by atoms with Gasteiger partial charge in [0.05, 0.1) is 0 Å². The van der Waals surface area contributed by atoms with E-state index in [1.165, 1.54) is 0 Å². The summed E-state index contributed by atoms with van der Waals surface area (Å²) in [4.78, 5) is 13.7. The second-order valence-electron chi connectivity index (χ2n) is 5.99. The van der Waals surface area contributed by atoms with Crippen LogP contribution in [0, 0.1) is 0 Å². The molecule has 1 fully saturated rings. The molecule has 5 heteroatoms. The van der Waals surface area contributed by atoms with Crippen molar-refractivity contribution < 1.29 is 9.53 Å². The van der Waals surface area contributed by atoms with E-state index in [0.29, 0.717) is 12.1 Å². The van der Waals surface area contributed by atoms with Crippen LogP contribution in [0.25, 0.3) is 0 Å². The first-order chi connectivity index (χ1) is 8.33. The van der Waals surface area contributed by atoms with Gasteiger partial charge in [-0.2, -0.15) is 0 Å². The molecule has 0 spiro atoms. The van der Waals surface area contributed by atoms with Crippen LogP contribution in [0.1, 0.15) is 46.5 Å². The van der Waals surface area contributed by atoms with Gasteiger partial charge in [-0.25, -0.2) is 4.79 Å². The van der Waals surface area contributed by atoms with E-state index in [2.05, 4.69) is 10.9 Å². The highest BCUT2D eigenvalue weighted by molar-refractivity contribution is 5.68. The average molecular weight is 257 g/mol. The normalized spacial score (nSPS) is 24.7. The molecule has 106 valence electrons. The second-order valence-corrected chi connectivity index (χ2v) is 5.99. The van der Waals surface area contributed by atoms with E-state index in [0.717, 1.165) is 25.7 Å². The van der Waals surface area contributed by atoms with Crippen LogP contribution in [-0.4, -0.2) is 42.8 Å². The molecule has 0 atom stereocenters. The number of carbonyl (C=O) groups is 1. The Bertz CT molecular complexity index is 268. The number of ether oxygens (including phenoxy) is 1. The number of hydrogen-bond acceptors (Lipinski definition) is 4. The number of hydrazine groups is 1. The van der Waals surface area contributed by atoms with Crippen molar-refractivity contribution in [3.63, 3.8) is 0 Å². The molecule has 0 aromatic carbocycles. The Hall–Kier alpha value is -0.810. The minimum absolute atomic E-state index is 0.215. The summed E-state index contributed by atoms with van der Waals surface area (Å²) in [5.41, 5.74) is 5.79.